The summed E-state index contributed by atoms with van der Waals surface area (Å²) in [6.45, 7) is 5.74. The van der Waals surface area contributed by atoms with Crippen LogP contribution in [0.2, 0.25) is 0 Å². The second-order valence-corrected chi connectivity index (χ2v) is 5.11. The summed E-state index contributed by atoms with van der Waals surface area (Å²) in [5.41, 5.74) is 0.510. The highest BCUT2D eigenvalue weighted by Gasteiger charge is 2.24. The zero-order chi connectivity index (χ0) is 13.7. The van der Waals surface area contributed by atoms with Crippen LogP contribution in [-0.2, 0) is 0 Å². The van der Waals surface area contributed by atoms with Crippen molar-refractivity contribution in [1.29, 1.82) is 0 Å². The molecule has 1 saturated heterocycles. The fraction of sp³-hybridized carbons (Fsp3) is 0.600. The van der Waals surface area contributed by atoms with E-state index in [1.165, 1.54) is 18.2 Å². The predicted molar refractivity (Wildman–Crippen MR) is 73.1 cm³/mol. The van der Waals surface area contributed by atoms with Crippen molar-refractivity contribution < 1.29 is 8.78 Å². The van der Waals surface area contributed by atoms with Gasteiger partial charge < -0.3 is 5.32 Å². The van der Waals surface area contributed by atoms with Crippen LogP contribution in [0, 0.1) is 11.6 Å². The number of piperazine rings is 1. The molecule has 0 bridgehead atoms. The molecule has 1 aromatic rings. The van der Waals surface area contributed by atoms with Gasteiger partial charge in [-0.2, -0.15) is 0 Å². The summed E-state index contributed by atoms with van der Waals surface area (Å²) in [6, 6.07) is 3.79. The molecule has 1 fully saturated rings. The molecule has 1 N–H and O–H groups in total. The maximum atomic E-state index is 14.0. The maximum Gasteiger partial charge on any atom is 0.128 e. The van der Waals surface area contributed by atoms with E-state index in [2.05, 4.69) is 17.1 Å². The third-order valence-electron chi connectivity index (χ3n) is 3.74. The Hall–Kier alpha value is -1.00. The average Bonchev–Trinajstić information content (AvgIpc) is 2.44. The van der Waals surface area contributed by atoms with E-state index in [9.17, 15) is 8.78 Å². The fourth-order valence-electron chi connectivity index (χ4n) is 2.70. The van der Waals surface area contributed by atoms with Crippen LogP contribution in [0.3, 0.4) is 0 Å². The van der Waals surface area contributed by atoms with Gasteiger partial charge >= 0.3 is 0 Å². The second kappa shape index (κ2) is 6.96. The van der Waals surface area contributed by atoms with Crippen LogP contribution in [0.25, 0.3) is 0 Å². The molecule has 0 spiro atoms. The first kappa shape index (κ1) is 14.4. The Bertz CT molecular complexity index is 403. The molecule has 2 nitrogen and oxygen atoms in total. The van der Waals surface area contributed by atoms with Crippen LogP contribution < -0.4 is 5.32 Å². The number of nitrogens with zero attached hydrogens (tertiary/aromatic N) is 1. The van der Waals surface area contributed by atoms with Gasteiger partial charge in [-0.1, -0.05) is 19.8 Å². The van der Waals surface area contributed by atoms with Gasteiger partial charge in [-0.3, -0.25) is 4.90 Å². The van der Waals surface area contributed by atoms with Gasteiger partial charge in [0.1, 0.15) is 11.6 Å². The lowest BCUT2D eigenvalue weighted by molar-refractivity contribution is 0.160. The number of rotatable bonds is 5. The van der Waals surface area contributed by atoms with Gasteiger partial charge in [-0.05, 0) is 24.6 Å². The Labute approximate surface area is 113 Å². The molecule has 0 amide bonds. The van der Waals surface area contributed by atoms with E-state index in [1.54, 1.807) is 0 Å². The topological polar surface area (TPSA) is 15.3 Å². The van der Waals surface area contributed by atoms with E-state index >= 15 is 0 Å². The van der Waals surface area contributed by atoms with E-state index in [1.807, 2.05) is 0 Å². The Morgan fingerprint density at radius 2 is 2.00 bits per heavy atom. The van der Waals surface area contributed by atoms with Crippen molar-refractivity contribution in [3.05, 3.63) is 35.4 Å². The van der Waals surface area contributed by atoms with Crippen LogP contribution in [0.1, 0.15) is 37.8 Å². The Kier molecular flexibility index (Phi) is 5.28. The highest BCUT2D eigenvalue weighted by atomic mass is 19.1. The minimum Gasteiger partial charge on any atom is -0.314 e. The lowest BCUT2D eigenvalue weighted by atomic mass is 9.98. The minimum atomic E-state index is -0.354. The van der Waals surface area contributed by atoms with Gasteiger partial charge in [-0.15, -0.1) is 0 Å². The molecule has 2 rings (SSSR count). The zero-order valence-electron chi connectivity index (χ0n) is 11.5. The molecule has 0 unspecified atom stereocenters. The number of halogens is 2. The van der Waals surface area contributed by atoms with Gasteiger partial charge in [0.25, 0.3) is 0 Å². The SMILES string of the molecule is CCCC[C@H](c1cc(F)ccc1F)N1CCNCC1. The van der Waals surface area contributed by atoms with Crippen LogP contribution in [0.15, 0.2) is 18.2 Å². The molecule has 1 heterocycles. The average molecular weight is 268 g/mol. The van der Waals surface area contributed by atoms with E-state index in [0.29, 0.717) is 5.56 Å². The number of unbranched alkanes of at least 4 members (excludes halogenated alkanes) is 1. The first-order valence-corrected chi connectivity index (χ1v) is 7.12. The van der Waals surface area contributed by atoms with E-state index in [4.69, 9.17) is 0 Å². The predicted octanol–water partition coefficient (Wildman–Crippen LogP) is 3.10. The first-order valence-electron chi connectivity index (χ1n) is 7.12. The summed E-state index contributed by atoms with van der Waals surface area (Å²) in [6.07, 6.45) is 2.99. The standard InChI is InChI=1S/C15H22F2N2/c1-2-3-4-15(19-9-7-18-8-10-19)13-11-12(16)5-6-14(13)17/h5-6,11,15,18H,2-4,7-10H2,1H3/t15-/m1/s1. The lowest BCUT2D eigenvalue weighted by Gasteiger charge is -2.35. The summed E-state index contributed by atoms with van der Waals surface area (Å²) in [7, 11) is 0. The largest absolute Gasteiger partial charge is 0.314 e. The van der Waals surface area contributed by atoms with Crippen molar-refractivity contribution in [3.63, 3.8) is 0 Å². The fourth-order valence-corrected chi connectivity index (χ4v) is 2.70. The van der Waals surface area contributed by atoms with Crippen molar-refractivity contribution in [1.82, 2.24) is 10.2 Å². The summed E-state index contributed by atoms with van der Waals surface area (Å²) in [5.74, 6) is -0.644. The molecule has 4 heteroatoms. The molecule has 19 heavy (non-hydrogen) atoms. The monoisotopic (exact) mass is 268 g/mol. The second-order valence-electron chi connectivity index (χ2n) is 5.11. The van der Waals surface area contributed by atoms with Crippen molar-refractivity contribution in [2.75, 3.05) is 26.2 Å². The van der Waals surface area contributed by atoms with Gasteiger partial charge in [0, 0.05) is 37.8 Å². The number of benzene rings is 1. The molecular weight excluding hydrogens is 246 g/mol. The number of hydrogen-bond donors (Lipinski definition) is 1. The van der Waals surface area contributed by atoms with Crippen molar-refractivity contribution in [2.45, 2.75) is 32.2 Å². The maximum absolute atomic E-state index is 14.0. The normalized spacial score (nSPS) is 18.5. The van der Waals surface area contributed by atoms with E-state index in [0.717, 1.165) is 45.4 Å². The highest BCUT2D eigenvalue weighted by molar-refractivity contribution is 5.22. The summed E-state index contributed by atoms with van der Waals surface area (Å²) < 4.78 is 27.4. The third-order valence-corrected chi connectivity index (χ3v) is 3.74. The summed E-state index contributed by atoms with van der Waals surface area (Å²) in [4.78, 5) is 2.27. The first-order chi connectivity index (χ1) is 9.22. The molecule has 0 radical (unpaired) electrons. The van der Waals surface area contributed by atoms with Crippen LogP contribution in [0.5, 0.6) is 0 Å². The smallest absolute Gasteiger partial charge is 0.128 e. The summed E-state index contributed by atoms with van der Waals surface area (Å²) in [5, 5.41) is 3.29. The molecule has 106 valence electrons. The quantitative estimate of drug-likeness (QED) is 0.882. The highest BCUT2D eigenvalue weighted by Crippen LogP contribution is 2.29. The molecule has 1 aliphatic rings. The van der Waals surface area contributed by atoms with Crippen molar-refractivity contribution >= 4 is 0 Å². The van der Waals surface area contributed by atoms with Gasteiger partial charge in [0.05, 0.1) is 0 Å². The molecule has 0 aromatic heterocycles. The Morgan fingerprint density at radius 3 is 2.68 bits per heavy atom. The minimum absolute atomic E-state index is 0.00208. The van der Waals surface area contributed by atoms with Gasteiger partial charge in [-0.25, -0.2) is 8.78 Å². The lowest BCUT2D eigenvalue weighted by Crippen LogP contribution is -2.45. The van der Waals surface area contributed by atoms with Crippen LogP contribution >= 0.6 is 0 Å². The van der Waals surface area contributed by atoms with Crippen LogP contribution in [-0.4, -0.2) is 31.1 Å². The van der Waals surface area contributed by atoms with Crippen molar-refractivity contribution in [3.8, 4) is 0 Å². The number of nitrogens with one attached hydrogen (secondary N) is 1. The van der Waals surface area contributed by atoms with Gasteiger partial charge in [0.2, 0.25) is 0 Å². The van der Waals surface area contributed by atoms with Gasteiger partial charge in [0.15, 0.2) is 0 Å². The van der Waals surface area contributed by atoms with Crippen molar-refractivity contribution in [2.24, 2.45) is 0 Å². The molecule has 0 saturated carbocycles. The third kappa shape index (κ3) is 3.74. The molecular formula is C15H22F2N2. The van der Waals surface area contributed by atoms with E-state index in [-0.39, 0.29) is 17.7 Å². The number of hydrogen-bond acceptors (Lipinski definition) is 2. The van der Waals surface area contributed by atoms with Crippen LogP contribution in [0.4, 0.5) is 8.78 Å². The van der Waals surface area contributed by atoms with E-state index < -0.39 is 0 Å². The Morgan fingerprint density at radius 1 is 1.26 bits per heavy atom. The molecule has 1 aromatic carbocycles. The zero-order valence-corrected chi connectivity index (χ0v) is 11.5. The molecule has 1 aliphatic heterocycles. The molecule has 1 atom stereocenters. The summed E-state index contributed by atoms with van der Waals surface area (Å²) >= 11 is 0. The Balaban J connectivity index is 2.22. The molecule has 0 aliphatic carbocycles.